The number of aliphatic imine (C=N–C) groups is 1. The lowest BCUT2D eigenvalue weighted by atomic mass is 10.2. The van der Waals surface area contributed by atoms with Crippen molar-refractivity contribution in [3.63, 3.8) is 0 Å². The van der Waals surface area contributed by atoms with Gasteiger partial charge in [0.05, 0.1) is 11.3 Å². The van der Waals surface area contributed by atoms with Crippen molar-refractivity contribution in [2.45, 2.75) is 6.18 Å². The van der Waals surface area contributed by atoms with Crippen LogP contribution in [0, 0.1) is 0 Å². The Morgan fingerprint density at radius 3 is 2.50 bits per heavy atom. The molecule has 0 atom stereocenters. The summed E-state index contributed by atoms with van der Waals surface area (Å²) < 4.78 is 36.9. The molecule has 0 fully saturated rings. The third-order valence-corrected chi connectivity index (χ3v) is 2.13. The van der Waals surface area contributed by atoms with E-state index in [4.69, 9.17) is 5.73 Å². The van der Waals surface area contributed by atoms with Crippen LogP contribution in [0.3, 0.4) is 0 Å². The second kappa shape index (κ2) is 6.33. The minimum atomic E-state index is -4.35. The van der Waals surface area contributed by atoms with E-state index in [-0.39, 0.29) is 34.8 Å². The predicted octanol–water partition coefficient (Wildman–Crippen LogP) is 3.63. The van der Waals surface area contributed by atoms with E-state index in [2.05, 4.69) is 4.99 Å². The van der Waals surface area contributed by atoms with Gasteiger partial charge < -0.3 is 5.73 Å². The van der Waals surface area contributed by atoms with Gasteiger partial charge in [0.15, 0.2) is 5.17 Å². The van der Waals surface area contributed by atoms with Crippen LogP contribution in [0.2, 0.25) is 0 Å². The van der Waals surface area contributed by atoms with E-state index in [0.717, 1.165) is 12.1 Å². The van der Waals surface area contributed by atoms with Gasteiger partial charge in [0, 0.05) is 0 Å². The number of thioether (sulfide) groups is 1. The highest BCUT2D eigenvalue weighted by Crippen LogP contribution is 2.31. The van der Waals surface area contributed by atoms with Crippen molar-refractivity contribution in [1.82, 2.24) is 0 Å². The summed E-state index contributed by atoms with van der Waals surface area (Å²) in [5, 5.41) is 0.231. The Kier molecular flexibility index (Phi) is 6.16. The number of rotatable bonds is 1. The van der Waals surface area contributed by atoms with Crippen LogP contribution in [0.4, 0.5) is 18.9 Å². The summed E-state index contributed by atoms with van der Waals surface area (Å²) in [6.45, 7) is 0. The standard InChI is InChI=1S/C9H9F3N2S.HI/c1-15-8(13)14-7-4-2-3-6(5-7)9(10,11)12;/h2-5H,1H3,(H2,13,14);1H. The van der Waals surface area contributed by atoms with Gasteiger partial charge in [0.1, 0.15) is 0 Å². The first-order chi connectivity index (χ1) is 6.93. The molecule has 0 aliphatic carbocycles. The fraction of sp³-hybridized carbons (Fsp3) is 0.222. The van der Waals surface area contributed by atoms with E-state index in [0.29, 0.717) is 0 Å². The van der Waals surface area contributed by atoms with Crippen LogP contribution >= 0.6 is 35.7 Å². The van der Waals surface area contributed by atoms with E-state index in [1.54, 1.807) is 6.26 Å². The number of amidine groups is 1. The largest absolute Gasteiger partial charge is 0.416 e. The number of nitrogens with zero attached hydrogens (tertiary/aromatic N) is 1. The van der Waals surface area contributed by atoms with Gasteiger partial charge in [-0.3, -0.25) is 0 Å². The number of hydrogen-bond acceptors (Lipinski definition) is 2. The molecule has 0 aromatic heterocycles. The SMILES string of the molecule is CSC(N)=Nc1cccc(C(F)(F)F)c1.I. The van der Waals surface area contributed by atoms with E-state index >= 15 is 0 Å². The molecule has 1 aromatic rings. The lowest BCUT2D eigenvalue weighted by Crippen LogP contribution is -2.06. The molecule has 0 unspecified atom stereocenters. The van der Waals surface area contributed by atoms with Crippen molar-refractivity contribution in [2.24, 2.45) is 10.7 Å². The van der Waals surface area contributed by atoms with Crippen molar-refractivity contribution in [1.29, 1.82) is 0 Å². The summed E-state index contributed by atoms with van der Waals surface area (Å²) in [5.41, 5.74) is 4.88. The normalized spacial score (nSPS) is 12.1. The van der Waals surface area contributed by atoms with E-state index in [1.807, 2.05) is 0 Å². The quantitative estimate of drug-likeness (QED) is 0.471. The van der Waals surface area contributed by atoms with Crippen molar-refractivity contribution < 1.29 is 13.2 Å². The summed E-state index contributed by atoms with van der Waals surface area (Å²) in [7, 11) is 0. The molecular formula is C9H10F3IN2S. The van der Waals surface area contributed by atoms with E-state index < -0.39 is 11.7 Å². The molecule has 0 heterocycles. The Morgan fingerprint density at radius 2 is 2.00 bits per heavy atom. The highest BCUT2D eigenvalue weighted by Gasteiger charge is 2.30. The van der Waals surface area contributed by atoms with Crippen LogP contribution in [-0.4, -0.2) is 11.4 Å². The van der Waals surface area contributed by atoms with Crippen LogP contribution in [0.5, 0.6) is 0 Å². The Labute approximate surface area is 113 Å². The third-order valence-electron chi connectivity index (χ3n) is 1.62. The maximum atomic E-state index is 12.3. The average Bonchev–Trinajstić information content (AvgIpc) is 2.17. The lowest BCUT2D eigenvalue weighted by molar-refractivity contribution is -0.137. The molecule has 1 rings (SSSR count). The monoisotopic (exact) mass is 362 g/mol. The molecule has 2 nitrogen and oxygen atoms in total. The van der Waals surface area contributed by atoms with Crippen LogP contribution < -0.4 is 5.73 Å². The molecule has 90 valence electrons. The average molecular weight is 362 g/mol. The van der Waals surface area contributed by atoms with Gasteiger partial charge in [-0.2, -0.15) is 13.2 Å². The van der Waals surface area contributed by atoms with Crippen molar-refractivity contribution in [2.75, 3.05) is 6.26 Å². The van der Waals surface area contributed by atoms with Gasteiger partial charge in [0.2, 0.25) is 0 Å². The molecular weight excluding hydrogens is 352 g/mol. The lowest BCUT2D eigenvalue weighted by Gasteiger charge is -2.06. The molecule has 0 spiro atoms. The fourth-order valence-corrected chi connectivity index (χ4v) is 1.12. The van der Waals surface area contributed by atoms with Gasteiger partial charge in [-0.15, -0.1) is 24.0 Å². The zero-order valence-electron chi connectivity index (χ0n) is 8.28. The highest BCUT2D eigenvalue weighted by molar-refractivity contribution is 14.0. The minimum absolute atomic E-state index is 0. The van der Waals surface area contributed by atoms with Crippen molar-refractivity contribution in [3.8, 4) is 0 Å². The first kappa shape index (κ1) is 15.6. The van der Waals surface area contributed by atoms with Crippen molar-refractivity contribution in [3.05, 3.63) is 29.8 Å². The van der Waals surface area contributed by atoms with Gasteiger partial charge in [0.25, 0.3) is 0 Å². The van der Waals surface area contributed by atoms with Gasteiger partial charge >= 0.3 is 6.18 Å². The predicted molar refractivity (Wildman–Crippen MR) is 71.7 cm³/mol. The number of nitrogens with two attached hydrogens (primary N) is 1. The number of hydrogen-bond donors (Lipinski definition) is 1. The van der Waals surface area contributed by atoms with Crippen molar-refractivity contribution >= 4 is 46.6 Å². The molecule has 0 radical (unpaired) electrons. The smallest absolute Gasteiger partial charge is 0.378 e. The highest BCUT2D eigenvalue weighted by atomic mass is 127. The summed E-state index contributed by atoms with van der Waals surface area (Å²) in [5.74, 6) is 0. The molecule has 16 heavy (non-hydrogen) atoms. The van der Waals surface area contributed by atoms with E-state index in [1.165, 1.54) is 23.9 Å². The summed E-state index contributed by atoms with van der Waals surface area (Å²) in [6.07, 6.45) is -2.65. The van der Waals surface area contributed by atoms with Gasteiger partial charge in [-0.25, -0.2) is 4.99 Å². The van der Waals surface area contributed by atoms with Gasteiger partial charge in [-0.1, -0.05) is 17.8 Å². The number of halogens is 4. The second-order valence-electron chi connectivity index (χ2n) is 2.70. The summed E-state index contributed by atoms with van der Waals surface area (Å²) in [4.78, 5) is 3.81. The number of alkyl halides is 3. The zero-order chi connectivity index (χ0) is 11.5. The first-order valence-electron chi connectivity index (χ1n) is 3.99. The Balaban J connectivity index is 0.00000225. The Hall–Kier alpha value is -0.440. The third kappa shape index (κ3) is 4.60. The molecule has 0 aliphatic rings. The Bertz CT molecular complexity index is 379. The molecule has 0 saturated heterocycles. The van der Waals surface area contributed by atoms with Crippen LogP contribution in [-0.2, 0) is 6.18 Å². The molecule has 0 aliphatic heterocycles. The molecule has 1 aromatic carbocycles. The van der Waals surface area contributed by atoms with Gasteiger partial charge in [-0.05, 0) is 24.5 Å². The zero-order valence-corrected chi connectivity index (χ0v) is 11.4. The summed E-state index contributed by atoms with van der Waals surface area (Å²) >= 11 is 1.18. The number of benzene rings is 1. The van der Waals surface area contributed by atoms with E-state index in [9.17, 15) is 13.2 Å². The maximum absolute atomic E-state index is 12.3. The maximum Gasteiger partial charge on any atom is 0.416 e. The topological polar surface area (TPSA) is 38.4 Å². The molecule has 0 saturated carbocycles. The van der Waals surface area contributed by atoms with Crippen LogP contribution in [0.1, 0.15) is 5.56 Å². The second-order valence-corrected chi connectivity index (χ2v) is 3.53. The van der Waals surface area contributed by atoms with Crippen LogP contribution in [0.25, 0.3) is 0 Å². The molecule has 7 heteroatoms. The fourth-order valence-electron chi connectivity index (χ4n) is 0.925. The molecule has 2 N–H and O–H groups in total. The molecule has 0 bridgehead atoms. The minimum Gasteiger partial charge on any atom is -0.378 e. The molecule has 0 amide bonds. The summed E-state index contributed by atoms with van der Waals surface area (Å²) in [6, 6.07) is 4.73. The van der Waals surface area contributed by atoms with Crippen LogP contribution in [0.15, 0.2) is 29.3 Å². The first-order valence-corrected chi connectivity index (χ1v) is 5.21. The Morgan fingerprint density at radius 1 is 1.38 bits per heavy atom.